The van der Waals surface area contributed by atoms with Crippen LogP contribution < -0.4 is 10.6 Å². The average molecular weight is 431 g/mol. The summed E-state index contributed by atoms with van der Waals surface area (Å²) in [4.78, 5) is 28.5. The third-order valence-corrected chi connectivity index (χ3v) is 5.10. The number of rotatable bonds is 5. The lowest BCUT2D eigenvalue weighted by atomic mass is 10.2. The number of benzene rings is 2. The molecule has 0 aliphatic carbocycles. The maximum absolute atomic E-state index is 13.6. The summed E-state index contributed by atoms with van der Waals surface area (Å²) < 4.78 is 46.2. The highest BCUT2D eigenvalue weighted by atomic mass is 32.1. The lowest BCUT2D eigenvalue weighted by Crippen LogP contribution is -2.32. The molecule has 0 aliphatic rings. The van der Waals surface area contributed by atoms with Crippen molar-refractivity contribution in [3.05, 3.63) is 71.7 Å². The largest absolute Gasteiger partial charge is 0.448 e. The number of nitrogens with one attached hydrogen (secondary N) is 2. The number of aromatic nitrogens is 1. The van der Waals surface area contributed by atoms with Crippen molar-refractivity contribution >= 4 is 39.1 Å². The van der Waals surface area contributed by atoms with Crippen LogP contribution in [0.2, 0.25) is 0 Å². The first-order valence-electron chi connectivity index (χ1n) is 8.59. The van der Waals surface area contributed by atoms with E-state index in [0.29, 0.717) is 16.8 Å². The van der Waals surface area contributed by atoms with E-state index in [0.717, 1.165) is 16.3 Å². The third kappa shape index (κ3) is 3.90. The Bertz CT molecular complexity index is 1240. The van der Waals surface area contributed by atoms with E-state index in [2.05, 4.69) is 15.6 Å². The van der Waals surface area contributed by atoms with E-state index >= 15 is 0 Å². The van der Waals surface area contributed by atoms with Crippen molar-refractivity contribution in [1.82, 2.24) is 10.3 Å². The van der Waals surface area contributed by atoms with Gasteiger partial charge in [0.2, 0.25) is 5.91 Å². The van der Waals surface area contributed by atoms with Gasteiger partial charge in [0.15, 0.2) is 34.0 Å². The van der Waals surface area contributed by atoms with Gasteiger partial charge in [0.05, 0.1) is 22.4 Å². The number of hydrogen-bond acceptors (Lipinski definition) is 5. The second kappa shape index (κ2) is 7.99. The number of hydrogen-bond donors (Lipinski definition) is 2. The predicted octanol–water partition coefficient (Wildman–Crippen LogP) is 4.34. The quantitative estimate of drug-likeness (QED) is 0.461. The van der Waals surface area contributed by atoms with Gasteiger partial charge in [0.1, 0.15) is 0 Å². The molecule has 2 aromatic heterocycles. The first-order valence-corrected chi connectivity index (χ1v) is 9.41. The number of carbonyl (C=O) groups is 2. The molecule has 10 heteroatoms. The molecule has 30 heavy (non-hydrogen) atoms. The summed E-state index contributed by atoms with van der Waals surface area (Å²) in [5, 5.41) is 4.96. The molecule has 0 spiro atoms. The maximum atomic E-state index is 13.6. The van der Waals surface area contributed by atoms with E-state index in [1.165, 1.54) is 17.4 Å². The molecule has 0 saturated carbocycles. The molecule has 2 heterocycles. The standard InChI is InChI=1S/C20H12F3N3O3S/c21-10-5-6-12(18(23)17(10)22)25-16(27)9-24-19(28)13-7-8-14(29-13)20-26-11-3-1-2-4-15(11)30-20/h1-8H,9H2,(H,24,28)(H,25,27). The van der Waals surface area contributed by atoms with Crippen molar-refractivity contribution in [2.24, 2.45) is 0 Å². The number of para-hydroxylation sites is 1. The van der Waals surface area contributed by atoms with E-state index in [-0.39, 0.29) is 5.76 Å². The van der Waals surface area contributed by atoms with E-state index in [1.807, 2.05) is 24.3 Å². The van der Waals surface area contributed by atoms with Gasteiger partial charge < -0.3 is 15.1 Å². The summed E-state index contributed by atoms with van der Waals surface area (Å²) in [5.74, 6) is -5.75. The highest BCUT2D eigenvalue weighted by Gasteiger charge is 2.18. The number of anilines is 1. The molecule has 6 nitrogen and oxygen atoms in total. The van der Waals surface area contributed by atoms with Crippen LogP contribution in [0.1, 0.15) is 10.6 Å². The van der Waals surface area contributed by atoms with E-state index in [1.54, 1.807) is 6.07 Å². The molecule has 0 unspecified atom stereocenters. The van der Waals surface area contributed by atoms with Crippen LogP contribution in [0, 0.1) is 17.5 Å². The van der Waals surface area contributed by atoms with Crippen LogP contribution in [0.15, 0.2) is 52.9 Å². The Morgan fingerprint density at radius 1 is 1.00 bits per heavy atom. The number of furan rings is 1. The molecule has 0 saturated heterocycles. The second-order valence-corrected chi connectivity index (χ2v) is 7.14. The molecule has 0 aliphatic heterocycles. The summed E-state index contributed by atoms with van der Waals surface area (Å²) in [6, 6.07) is 12.1. The Labute approximate surface area is 171 Å². The molecular weight excluding hydrogens is 419 g/mol. The number of carbonyl (C=O) groups excluding carboxylic acids is 2. The molecule has 2 amide bonds. The molecule has 2 N–H and O–H groups in total. The number of amides is 2. The Kier molecular flexibility index (Phi) is 5.23. The molecule has 2 aromatic carbocycles. The van der Waals surface area contributed by atoms with Crippen molar-refractivity contribution in [2.75, 3.05) is 11.9 Å². The first kappa shape index (κ1) is 19.6. The second-order valence-electron chi connectivity index (χ2n) is 6.10. The van der Waals surface area contributed by atoms with E-state index in [4.69, 9.17) is 4.42 Å². The topological polar surface area (TPSA) is 84.2 Å². The molecule has 0 radical (unpaired) electrons. The van der Waals surface area contributed by atoms with Crippen LogP contribution in [0.25, 0.3) is 21.0 Å². The Balaban J connectivity index is 1.39. The fourth-order valence-electron chi connectivity index (χ4n) is 2.62. The molecule has 4 aromatic rings. The highest BCUT2D eigenvalue weighted by Crippen LogP contribution is 2.31. The van der Waals surface area contributed by atoms with Gasteiger partial charge in [0.25, 0.3) is 5.91 Å². The lowest BCUT2D eigenvalue weighted by molar-refractivity contribution is -0.115. The smallest absolute Gasteiger partial charge is 0.287 e. The van der Waals surface area contributed by atoms with Crippen molar-refractivity contribution in [3.63, 3.8) is 0 Å². The minimum absolute atomic E-state index is 0.0453. The van der Waals surface area contributed by atoms with Gasteiger partial charge in [-0.1, -0.05) is 12.1 Å². The van der Waals surface area contributed by atoms with Crippen LogP contribution in [0.5, 0.6) is 0 Å². The minimum Gasteiger partial charge on any atom is -0.448 e. The Hall–Kier alpha value is -3.66. The Morgan fingerprint density at radius 2 is 1.80 bits per heavy atom. The maximum Gasteiger partial charge on any atom is 0.287 e. The van der Waals surface area contributed by atoms with Gasteiger partial charge in [-0.2, -0.15) is 0 Å². The summed E-state index contributed by atoms with van der Waals surface area (Å²) in [6.45, 7) is -0.533. The van der Waals surface area contributed by atoms with Crippen molar-refractivity contribution < 1.29 is 27.2 Å². The zero-order chi connectivity index (χ0) is 21.3. The molecule has 0 atom stereocenters. The first-order chi connectivity index (χ1) is 14.4. The van der Waals surface area contributed by atoms with Crippen molar-refractivity contribution in [1.29, 1.82) is 0 Å². The molecular formula is C20H12F3N3O3S. The molecule has 4 rings (SSSR count). The average Bonchev–Trinajstić information content (AvgIpc) is 3.39. The number of halogens is 3. The monoisotopic (exact) mass is 431 g/mol. The summed E-state index contributed by atoms with van der Waals surface area (Å²) >= 11 is 1.40. The third-order valence-electron chi connectivity index (χ3n) is 4.05. The lowest BCUT2D eigenvalue weighted by Gasteiger charge is -2.07. The molecule has 0 fully saturated rings. The SMILES string of the molecule is O=C(CNC(=O)c1ccc(-c2nc3ccccc3s2)o1)Nc1ccc(F)c(F)c1F. The number of thiazole rings is 1. The Morgan fingerprint density at radius 3 is 2.60 bits per heavy atom. The van der Waals surface area contributed by atoms with Crippen molar-refractivity contribution in [3.8, 4) is 10.8 Å². The normalized spacial score (nSPS) is 10.9. The van der Waals surface area contributed by atoms with E-state index in [9.17, 15) is 22.8 Å². The fraction of sp³-hybridized carbons (Fsp3) is 0.0500. The summed E-state index contributed by atoms with van der Waals surface area (Å²) in [6.07, 6.45) is 0. The van der Waals surface area contributed by atoms with Gasteiger partial charge in [-0.15, -0.1) is 11.3 Å². The van der Waals surface area contributed by atoms with Crippen LogP contribution in [0.3, 0.4) is 0 Å². The van der Waals surface area contributed by atoms with Gasteiger partial charge in [-0.05, 0) is 36.4 Å². The van der Waals surface area contributed by atoms with Crippen LogP contribution >= 0.6 is 11.3 Å². The van der Waals surface area contributed by atoms with Crippen LogP contribution in [-0.4, -0.2) is 23.3 Å². The number of fused-ring (bicyclic) bond motifs is 1. The fourth-order valence-corrected chi connectivity index (χ4v) is 3.54. The molecule has 0 bridgehead atoms. The zero-order valence-corrected chi connectivity index (χ0v) is 15.9. The van der Waals surface area contributed by atoms with Gasteiger partial charge >= 0.3 is 0 Å². The zero-order valence-electron chi connectivity index (χ0n) is 15.0. The van der Waals surface area contributed by atoms with Gasteiger partial charge in [-0.25, -0.2) is 18.2 Å². The predicted molar refractivity (Wildman–Crippen MR) is 105 cm³/mol. The molecule has 152 valence electrons. The van der Waals surface area contributed by atoms with Crippen LogP contribution in [-0.2, 0) is 4.79 Å². The number of nitrogens with zero attached hydrogens (tertiary/aromatic N) is 1. The summed E-state index contributed by atoms with van der Waals surface area (Å²) in [7, 11) is 0. The summed E-state index contributed by atoms with van der Waals surface area (Å²) in [5.41, 5.74) is 0.269. The van der Waals surface area contributed by atoms with Gasteiger partial charge in [-0.3, -0.25) is 9.59 Å². The highest BCUT2D eigenvalue weighted by molar-refractivity contribution is 7.21. The van der Waals surface area contributed by atoms with Gasteiger partial charge in [0, 0.05) is 0 Å². The van der Waals surface area contributed by atoms with E-state index < -0.39 is 41.5 Å². The van der Waals surface area contributed by atoms with Crippen molar-refractivity contribution in [2.45, 2.75) is 0 Å². The minimum atomic E-state index is -1.70. The van der Waals surface area contributed by atoms with Crippen LogP contribution in [0.4, 0.5) is 18.9 Å².